The van der Waals surface area contributed by atoms with Crippen molar-refractivity contribution in [3.63, 3.8) is 0 Å². The van der Waals surface area contributed by atoms with Crippen molar-refractivity contribution in [3.8, 4) is 39.6 Å². The molecule has 2 aromatic heterocycles. The third-order valence-corrected chi connectivity index (χ3v) is 10.9. The lowest BCUT2D eigenvalue weighted by Gasteiger charge is -2.27. The minimum absolute atomic E-state index is 0.0640. The number of anilines is 4. The van der Waals surface area contributed by atoms with Crippen LogP contribution >= 0.6 is 0 Å². The van der Waals surface area contributed by atoms with Gasteiger partial charge >= 0.3 is 0 Å². The second kappa shape index (κ2) is 14.4. The van der Waals surface area contributed by atoms with Crippen molar-refractivity contribution in [3.05, 3.63) is 193 Å². The zero-order chi connectivity index (χ0) is 49.6. The van der Waals surface area contributed by atoms with Gasteiger partial charge in [0, 0.05) is 54.1 Å². The summed E-state index contributed by atoms with van der Waals surface area (Å²) in [6, 6.07) is 40.4. The first-order chi connectivity index (χ1) is 33.2. The highest BCUT2D eigenvalue weighted by Crippen LogP contribution is 2.50. The van der Waals surface area contributed by atoms with Crippen LogP contribution in [-0.4, -0.2) is 16.2 Å². The SMILES string of the molecule is [2H]c1c([2H])c([2H])c(-c2cccc(-c3cc(C([2H])([2H])[2H])cc(C([2H])([2H])[2H])c3)c2N2CN(c3cccc(Oc4ccc5c6ccccc6n(-c6cc(C(C)(C)C)ccn6)c5c4)c3)c3ccccc32)c([2H])c1[2H]. The Balaban J connectivity index is 1.10. The van der Waals surface area contributed by atoms with Crippen LogP contribution in [0.1, 0.15) is 52.5 Å². The molecule has 3 heterocycles. The van der Waals surface area contributed by atoms with Crippen LogP contribution in [0, 0.1) is 13.7 Å². The molecule has 288 valence electrons. The predicted molar refractivity (Wildman–Crippen MR) is 246 cm³/mol. The Hall–Kier alpha value is -7.11. The predicted octanol–water partition coefficient (Wildman–Crippen LogP) is 14.5. The molecule has 5 nitrogen and oxygen atoms in total. The van der Waals surface area contributed by atoms with E-state index in [2.05, 4.69) is 54.5 Å². The van der Waals surface area contributed by atoms with Crippen LogP contribution in [-0.2, 0) is 5.41 Å². The molecular weight excluding hydrogens is 721 g/mol. The van der Waals surface area contributed by atoms with Crippen LogP contribution in [0.2, 0.25) is 0 Å². The van der Waals surface area contributed by atoms with Crippen molar-refractivity contribution >= 4 is 44.6 Å². The van der Waals surface area contributed by atoms with Crippen molar-refractivity contribution in [2.75, 3.05) is 16.5 Å². The van der Waals surface area contributed by atoms with Gasteiger partial charge in [-0.05, 0) is 90.4 Å². The number of nitrogens with zero attached hydrogens (tertiary/aromatic N) is 4. The van der Waals surface area contributed by atoms with Gasteiger partial charge in [-0.15, -0.1) is 0 Å². The fourth-order valence-electron chi connectivity index (χ4n) is 8.18. The molecule has 0 spiro atoms. The lowest BCUT2D eigenvalue weighted by atomic mass is 9.88. The van der Waals surface area contributed by atoms with Gasteiger partial charge in [-0.2, -0.15) is 0 Å². The molecule has 0 N–H and O–H groups in total. The van der Waals surface area contributed by atoms with Crippen molar-refractivity contribution in [2.45, 2.75) is 39.9 Å². The van der Waals surface area contributed by atoms with Gasteiger partial charge in [-0.25, -0.2) is 4.98 Å². The highest BCUT2D eigenvalue weighted by atomic mass is 16.5. The Labute approximate surface area is 361 Å². The summed E-state index contributed by atoms with van der Waals surface area (Å²) in [6.07, 6.45) is 1.85. The average Bonchev–Trinajstić information content (AvgIpc) is 3.88. The molecule has 1 aliphatic heterocycles. The largest absolute Gasteiger partial charge is 0.457 e. The van der Waals surface area contributed by atoms with E-state index in [1.807, 2.05) is 90.0 Å². The molecule has 1 aliphatic rings. The van der Waals surface area contributed by atoms with Gasteiger partial charge in [0.1, 0.15) is 24.0 Å². The molecule has 0 unspecified atom stereocenters. The molecule has 5 heteroatoms. The standard InChI is InChI=1S/C54H46N4O/c1-36-29-37(2)31-39(30-36)45-21-14-20-44(38-15-7-6-8-16-38)53(45)57-35-56(49-23-11-12-24-50(49)57)41-17-13-18-42(33-41)59-43-25-26-47-46-19-9-10-22-48(46)58(51(47)34-43)52-32-40(27-28-55-52)54(3,4)5/h6-34H,35H2,1-5H3/i1D3,2D3,6D,7D,8D,15D,16D. The van der Waals surface area contributed by atoms with E-state index in [4.69, 9.17) is 24.8 Å². The Morgan fingerprint density at radius 3 is 2.08 bits per heavy atom. The van der Waals surface area contributed by atoms with E-state index in [0.29, 0.717) is 28.4 Å². The highest BCUT2D eigenvalue weighted by Gasteiger charge is 2.31. The van der Waals surface area contributed by atoms with Gasteiger partial charge in [0.15, 0.2) is 0 Å². The maximum absolute atomic E-state index is 9.07. The maximum Gasteiger partial charge on any atom is 0.137 e. The van der Waals surface area contributed by atoms with Crippen molar-refractivity contribution in [1.29, 1.82) is 0 Å². The quantitative estimate of drug-likeness (QED) is 0.161. The number of aromatic nitrogens is 2. The summed E-state index contributed by atoms with van der Waals surface area (Å²) in [7, 11) is 0. The molecule has 0 amide bonds. The third-order valence-electron chi connectivity index (χ3n) is 10.9. The third kappa shape index (κ3) is 6.59. The van der Waals surface area contributed by atoms with E-state index in [1.165, 1.54) is 18.2 Å². The summed E-state index contributed by atoms with van der Waals surface area (Å²) < 4.78 is 102. The molecule has 0 saturated carbocycles. The number of pyridine rings is 1. The van der Waals surface area contributed by atoms with Gasteiger partial charge < -0.3 is 14.5 Å². The monoisotopic (exact) mass is 777 g/mol. The first kappa shape index (κ1) is 26.0. The lowest BCUT2D eigenvalue weighted by molar-refractivity contribution is 0.483. The van der Waals surface area contributed by atoms with Crippen LogP contribution in [0.25, 0.3) is 49.9 Å². The molecule has 9 aromatic rings. The number of para-hydroxylation sites is 4. The molecule has 10 rings (SSSR count). The number of benzene rings is 7. The van der Waals surface area contributed by atoms with Crippen molar-refractivity contribution in [2.24, 2.45) is 0 Å². The van der Waals surface area contributed by atoms with Gasteiger partial charge in [-0.1, -0.05) is 135 Å². The number of hydrogen-bond acceptors (Lipinski definition) is 4. The summed E-state index contributed by atoms with van der Waals surface area (Å²) in [5.74, 6) is 1.97. The Morgan fingerprint density at radius 2 is 1.31 bits per heavy atom. The summed E-state index contributed by atoms with van der Waals surface area (Å²) in [4.78, 5) is 8.83. The van der Waals surface area contributed by atoms with Gasteiger partial charge in [0.05, 0.1) is 34.9 Å². The zero-order valence-corrected chi connectivity index (χ0v) is 32.8. The average molecular weight is 778 g/mol. The first-order valence-electron chi connectivity index (χ1n) is 25.0. The highest BCUT2D eigenvalue weighted by molar-refractivity contribution is 6.09. The summed E-state index contributed by atoms with van der Waals surface area (Å²) in [5.41, 5.74) is 6.14. The molecule has 0 radical (unpaired) electrons. The van der Waals surface area contributed by atoms with Crippen LogP contribution in [0.4, 0.5) is 22.7 Å². The number of fused-ring (bicyclic) bond motifs is 4. The lowest BCUT2D eigenvalue weighted by Crippen LogP contribution is -2.25. The normalized spacial score (nSPS) is 15.8. The maximum atomic E-state index is 9.07. The van der Waals surface area contributed by atoms with Crippen LogP contribution < -0.4 is 14.5 Å². The van der Waals surface area contributed by atoms with Gasteiger partial charge in [-0.3, -0.25) is 4.57 Å². The molecular formula is C54H46N4O. The molecule has 0 saturated heterocycles. The van der Waals surface area contributed by atoms with Crippen molar-refractivity contribution < 1.29 is 19.8 Å². The minimum Gasteiger partial charge on any atom is -0.457 e. The minimum atomic E-state index is -2.66. The van der Waals surface area contributed by atoms with Crippen LogP contribution in [0.5, 0.6) is 11.5 Å². The number of rotatable bonds is 7. The fourth-order valence-corrected chi connectivity index (χ4v) is 8.18. The summed E-state index contributed by atoms with van der Waals surface area (Å²) >= 11 is 0. The second-order valence-corrected chi connectivity index (χ2v) is 15.8. The number of aryl methyl sites for hydroxylation is 2. The van der Waals surface area contributed by atoms with Crippen LogP contribution in [0.3, 0.4) is 0 Å². The van der Waals surface area contributed by atoms with E-state index < -0.39 is 43.9 Å². The Kier molecular flexibility index (Phi) is 6.33. The topological polar surface area (TPSA) is 33.5 Å². The zero-order valence-electron chi connectivity index (χ0n) is 43.8. The number of hydrogen-bond donors (Lipinski definition) is 0. The summed E-state index contributed by atoms with van der Waals surface area (Å²) in [5, 5.41) is 2.14. The van der Waals surface area contributed by atoms with Crippen molar-refractivity contribution in [1.82, 2.24) is 9.55 Å². The molecule has 0 bridgehead atoms. The molecule has 0 atom stereocenters. The van der Waals surface area contributed by atoms with E-state index in [1.54, 1.807) is 18.2 Å². The van der Waals surface area contributed by atoms with E-state index in [9.17, 15) is 0 Å². The fraction of sp³-hybridized carbons (Fsp3) is 0.130. The summed E-state index contributed by atoms with van der Waals surface area (Å²) in [6.45, 7) is 1.36. The molecule has 7 aromatic carbocycles. The molecule has 0 fully saturated rings. The first-order valence-corrected chi connectivity index (χ1v) is 19.5. The van der Waals surface area contributed by atoms with E-state index in [0.717, 1.165) is 44.6 Å². The van der Waals surface area contributed by atoms with E-state index in [-0.39, 0.29) is 39.9 Å². The Bertz CT molecular complexity index is 3500. The second-order valence-electron chi connectivity index (χ2n) is 15.8. The smallest absolute Gasteiger partial charge is 0.137 e. The Morgan fingerprint density at radius 1 is 0.610 bits per heavy atom. The van der Waals surface area contributed by atoms with E-state index >= 15 is 0 Å². The van der Waals surface area contributed by atoms with Gasteiger partial charge in [0.2, 0.25) is 0 Å². The molecule has 59 heavy (non-hydrogen) atoms. The number of ether oxygens (including phenoxy) is 1. The van der Waals surface area contributed by atoms with Gasteiger partial charge in [0.25, 0.3) is 0 Å². The molecule has 0 aliphatic carbocycles. The van der Waals surface area contributed by atoms with Crippen LogP contribution in [0.15, 0.2) is 176 Å².